The van der Waals surface area contributed by atoms with Gasteiger partial charge in [0, 0.05) is 18.5 Å². The van der Waals surface area contributed by atoms with Gasteiger partial charge < -0.3 is 19.0 Å². The predicted molar refractivity (Wildman–Crippen MR) is 181 cm³/mol. The van der Waals surface area contributed by atoms with E-state index in [1.165, 1.54) is 38.5 Å². The molecule has 0 saturated heterocycles. The molecule has 0 aliphatic rings. The molecular weight excluding hydrogens is 598 g/mol. The average Bonchev–Trinajstić information content (AvgIpc) is 3.06. The molecule has 3 rings (SSSR count). The fourth-order valence-corrected chi connectivity index (χ4v) is 5.87. The molecule has 2 aromatic carbocycles. The molecule has 0 unspecified atom stereocenters. The van der Waals surface area contributed by atoms with Crippen LogP contribution in [0.1, 0.15) is 106 Å². The summed E-state index contributed by atoms with van der Waals surface area (Å²) in [6, 6.07) is 21.1. The average molecular weight is 650 g/mol. The summed E-state index contributed by atoms with van der Waals surface area (Å²) in [4.78, 5) is 37.3. The van der Waals surface area contributed by atoms with E-state index in [1.54, 1.807) is 7.11 Å². The molecule has 0 aliphatic heterocycles. The summed E-state index contributed by atoms with van der Waals surface area (Å²) in [5, 5.41) is 9.41. The largest absolute Gasteiger partial charge is 0.463 e. The van der Waals surface area contributed by atoms with Gasteiger partial charge in [-0.1, -0.05) is 131 Å². The van der Waals surface area contributed by atoms with Gasteiger partial charge in [0.25, 0.3) is 5.09 Å². The maximum absolute atomic E-state index is 13.9. The lowest BCUT2D eigenvalue weighted by molar-refractivity contribution is -0.757. The molecule has 0 aliphatic carbocycles. The molecule has 10 heteroatoms. The number of hydrogen-bond acceptors (Lipinski definition) is 9. The number of ether oxygens (including phenoxy) is 3. The number of aryl methyl sites for hydroxylation is 2. The molecule has 10 nitrogen and oxygen atoms in total. The van der Waals surface area contributed by atoms with Crippen molar-refractivity contribution < 1.29 is 28.9 Å². The lowest BCUT2D eigenvalue weighted by Gasteiger charge is -2.38. The van der Waals surface area contributed by atoms with Crippen LogP contribution in [0.15, 0.2) is 66.7 Å². The van der Waals surface area contributed by atoms with Crippen molar-refractivity contribution in [2.75, 3.05) is 20.3 Å². The zero-order valence-electron chi connectivity index (χ0n) is 28.2. The van der Waals surface area contributed by atoms with E-state index in [1.807, 2.05) is 80.6 Å². The van der Waals surface area contributed by atoms with Crippen LogP contribution in [0, 0.1) is 24.0 Å². The van der Waals surface area contributed by atoms with Crippen LogP contribution < -0.4 is 4.74 Å². The third-order valence-corrected chi connectivity index (χ3v) is 8.23. The van der Waals surface area contributed by atoms with E-state index >= 15 is 0 Å². The molecule has 3 aromatic rings. The number of methoxy groups -OCH3 is 1. The summed E-state index contributed by atoms with van der Waals surface area (Å²) in [5.74, 6) is -0.535. The van der Waals surface area contributed by atoms with E-state index < -0.39 is 22.8 Å². The number of rotatable bonds is 24. The number of nitrogens with zero attached hydrogens (tertiary/aromatic N) is 3. The van der Waals surface area contributed by atoms with Gasteiger partial charge in [-0.3, -0.25) is 0 Å². The number of esters is 1. The van der Waals surface area contributed by atoms with E-state index in [4.69, 9.17) is 14.2 Å². The first-order valence-corrected chi connectivity index (χ1v) is 17.0. The Bertz CT molecular complexity index is 1260. The molecule has 0 fully saturated rings. The van der Waals surface area contributed by atoms with Crippen molar-refractivity contribution in [3.8, 4) is 6.01 Å². The SMILES string of the molecule is COC(c1ccccc1)(c1ccccc1)[C@H](Oc1nc(C)cc(C)n1)C(=O)OCCCCCCCCCCCCCCCO[N+](=O)[O-]. The van der Waals surface area contributed by atoms with Crippen molar-refractivity contribution in [3.05, 3.63) is 99.4 Å². The maximum Gasteiger partial charge on any atom is 0.351 e. The zero-order valence-corrected chi connectivity index (χ0v) is 28.2. The first kappa shape index (κ1) is 37.4. The highest BCUT2D eigenvalue weighted by molar-refractivity contribution is 5.78. The second-order valence-corrected chi connectivity index (χ2v) is 11.9. The molecule has 47 heavy (non-hydrogen) atoms. The Morgan fingerprint density at radius 3 is 1.57 bits per heavy atom. The van der Waals surface area contributed by atoms with Gasteiger partial charge in [-0.15, -0.1) is 10.1 Å². The highest BCUT2D eigenvalue weighted by atomic mass is 16.9. The van der Waals surface area contributed by atoms with Crippen LogP contribution in [0.3, 0.4) is 0 Å². The summed E-state index contributed by atoms with van der Waals surface area (Å²) in [6.07, 6.45) is 12.9. The van der Waals surface area contributed by atoms with Gasteiger partial charge in [-0.2, -0.15) is 0 Å². The second-order valence-electron chi connectivity index (χ2n) is 11.9. The van der Waals surface area contributed by atoms with Crippen molar-refractivity contribution >= 4 is 5.97 Å². The Morgan fingerprint density at radius 2 is 1.15 bits per heavy atom. The second kappa shape index (κ2) is 20.9. The Morgan fingerprint density at radius 1 is 0.723 bits per heavy atom. The van der Waals surface area contributed by atoms with Gasteiger partial charge in [0.2, 0.25) is 6.10 Å². The monoisotopic (exact) mass is 649 g/mol. The normalized spacial score (nSPS) is 12.0. The summed E-state index contributed by atoms with van der Waals surface area (Å²) in [6.45, 7) is 4.20. The van der Waals surface area contributed by atoms with Gasteiger partial charge in [-0.05, 0) is 43.9 Å². The van der Waals surface area contributed by atoms with Crippen LogP contribution >= 0.6 is 0 Å². The van der Waals surface area contributed by atoms with E-state index in [0.717, 1.165) is 67.5 Å². The number of benzene rings is 2. The molecule has 1 heterocycles. The topological polar surface area (TPSA) is 123 Å². The molecule has 0 amide bonds. The summed E-state index contributed by atoms with van der Waals surface area (Å²) in [7, 11) is 1.58. The molecular formula is C37H51N3O7. The molecule has 0 spiro atoms. The Balaban J connectivity index is 1.49. The third-order valence-electron chi connectivity index (χ3n) is 8.23. The van der Waals surface area contributed by atoms with E-state index in [9.17, 15) is 14.9 Å². The fraction of sp³-hybridized carbons (Fsp3) is 0.541. The Kier molecular flexibility index (Phi) is 16.7. The molecule has 0 saturated carbocycles. The Hall–Kier alpha value is -4.05. The zero-order chi connectivity index (χ0) is 33.7. The van der Waals surface area contributed by atoms with Gasteiger partial charge in [-0.25, -0.2) is 14.8 Å². The summed E-state index contributed by atoms with van der Waals surface area (Å²) < 4.78 is 18.5. The van der Waals surface area contributed by atoms with Gasteiger partial charge in [0.15, 0.2) is 5.60 Å². The fourth-order valence-electron chi connectivity index (χ4n) is 5.87. The molecule has 256 valence electrons. The highest BCUT2D eigenvalue weighted by Gasteiger charge is 2.50. The van der Waals surface area contributed by atoms with Gasteiger partial charge in [0.1, 0.15) is 0 Å². The van der Waals surface area contributed by atoms with Crippen LogP contribution in [0.4, 0.5) is 0 Å². The summed E-state index contributed by atoms with van der Waals surface area (Å²) >= 11 is 0. The molecule has 0 bridgehead atoms. The molecule has 0 N–H and O–H groups in total. The van der Waals surface area contributed by atoms with E-state index in [2.05, 4.69) is 14.8 Å². The first-order chi connectivity index (χ1) is 22.9. The standard InChI is InChI=1S/C37H51N3O7/c1-30-29-31(2)39-36(38-30)47-34(37(44-3,32-23-17-15-18-24-32)33-25-19-16-20-26-33)35(41)45-27-21-13-11-9-7-5-4-6-8-10-12-14-22-28-46-40(42)43/h15-20,23-26,29,34H,4-14,21-22,27-28H2,1-3H3/t34-/m1/s1. The minimum absolute atomic E-state index is 0.0954. The van der Waals surface area contributed by atoms with Crippen molar-refractivity contribution in [2.24, 2.45) is 0 Å². The van der Waals surface area contributed by atoms with Crippen LogP contribution in [-0.2, 0) is 24.7 Å². The van der Waals surface area contributed by atoms with Crippen LogP contribution in [0.25, 0.3) is 0 Å². The first-order valence-electron chi connectivity index (χ1n) is 17.0. The lowest BCUT2D eigenvalue weighted by atomic mass is 9.81. The quantitative estimate of drug-likeness (QED) is 0.0408. The summed E-state index contributed by atoms with van der Waals surface area (Å²) in [5.41, 5.74) is 1.66. The number of carbonyl (C=O) groups excluding carboxylic acids is 1. The third kappa shape index (κ3) is 12.6. The highest BCUT2D eigenvalue weighted by Crippen LogP contribution is 2.39. The van der Waals surface area contributed by atoms with Crippen molar-refractivity contribution in [2.45, 2.75) is 109 Å². The van der Waals surface area contributed by atoms with E-state index in [0.29, 0.717) is 0 Å². The van der Waals surface area contributed by atoms with Gasteiger partial charge >= 0.3 is 12.0 Å². The number of carbonyl (C=O) groups is 1. The maximum atomic E-state index is 13.9. The van der Waals surface area contributed by atoms with Crippen molar-refractivity contribution in [1.29, 1.82) is 0 Å². The van der Waals surface area contributed by atoms with Gasteiger partial charge in [0.05, 0.1) is 13.2 Å². The van der Waals surface area contributed by atoms with Crippen LogP contribution in [-0.4, -0.2) is 47.5 Å². The number of hydrogen-bond donors (Lipinski definition) is 0. The Labute approximate surface area is 279 Å². The molecule has 1 atom stereocenters. The van der Waals surface area contributed by atoms with E-state index in [-0.39, 0.29) is 19.2 Å². The smallest absolute Gasteiger partial charge is 0.351 e. The number of aromatic nitrogens is 2. The minimum Gasteiger partial charge on any atom is -0.463 e. The number of unbranched alkanes of at least 4 members (excludes halogenated alkanes) is 12. The van der Waals surface area contributed by atoms with Crippen LogP contribution in [0.5, 0.6) is 6.01 Å². The van der Waals surface area contributed by atoms with Crippen LogP contribution in [0.2, 0.25) is 0 Å². The lowest BCUT2D eigenvalue weighted by Crippen LogP contribution is -2.51. The predicted octanol–water partition coefficient (Wildman–Crippen LogP) is 8.25. The molecule has 0 radical (unpaired) electrons. The minimum atomic E-state index is -1.31. The van der Waals surface area contributed by atoms with Crippen molar-refractivity contribution in [1.82, 2.24) is 9.97 Å². The molecule has 1 aromatic heterocycles. The van der Waals surface area contributed by atoms with Crippen molar-refractivity contribution in [3.63, 3.8) is 0 Å².